The van der Waals surface area contributed by atoms with Crippen molar-refractivity contribution in [3.8, 4) is 0 Å². The summed E-state index contributed by atoms with van der Waals surface area (Å²) in [5.41, 5.74) is 1.40. The number of benzene rings is 1. The Balaban J connectivity index is 1.94. The largest absolute Gasteiger partial charge is 0.332 e. The van der Waals surface area contributed by atoms with Gasteiger partial charge in [0.15, 0.2) is 0 Å². The maximum Gasteiger partial charge on any atom is 0.319 e. The van der Waals surface area contributed by atoms with E-state index in [-0.39, 0.29) is 6.03 Å². The first kappa shape index (κ1) is 14.7. The molecule has 0 spiro atoms. The maximum atomic E-state index is 11.8. The maximum absolute atomic E-state index is 11.8. The van der Waals surface area contributed by atoms with Crippen LogP contribution >= 0.6 is 23.2 Å². The summed E-state index contributed by atoms with van der Waals surface area (Å²) in [5, 5.41) is 10.2. The Hall–Kier alpha value is -1.72. The monoisotopic (exact) mass is 312 g/mol. The molecule has 5 nitrogen and oxygen atoms in total. The number of carbonyl (C=O) groups is 1. The second-order valence-electron chi connectivity index (χ2n) is 4.05. The molecule has 2 aromatic rings. The SMILES string of the molecule is CCn1nccc1CNC(=O)Nc1cccc(Cl)c1Cl. The van der Waals surface area contributed by atoms with Crippen LogP contribution in [0.2, 0.25) is 10.0 Å². The number of urea groups is 1. The zero-order valence-corrected chi connectivity index (χ0v) is 12.4. The highest BCUT2D eigenvalue weighted by Crippen LogP contribution is 2.29. The van der Waals surface area contributed by atoms with E-state index in [2.05, 4.69) is 15.7 Å². The lowest BCUT2D eigenvalue weighted by atomic mass is 10.3. The van der Waals surface area contributed by atoms with Crippen LogP contribution in [-0.4, -0.2) is 15.8 Å². The lowest BCUT2D eigenvalue weighted by Crippen LogP contribution is -2.29. The van der Waals surface area contributed by atoms with Gasteiger partial charge >= 0.3 is 6.03 Å². The third-order valence-electron chi connectivity index (χ3n) is 2.73. The van der Waals surface area contributed by atoms with Crippen LogP contribution in [0.1, 0.15) is 12.6 Å². The van der Waals surface area contributed by atoms with E-state index in [1.165, 1.54) is 0 Å². The summed E-state index contributed by atoms with van der Waals surface area (Å²) in [7, 11) is 0. The van der Waals surface area contributed by atoms with Crippen LogP contribution < -0.4 is 10.6 Å². The number of rotatable bonds is 4. The third-order valence-corrected chi connectivity index (χ3v) is 3.55. The van der Waals surface area contributed by atoms with Crippen LogP contribution in [0.15, 0.2) is 30.5 Å². The van der Waals surface area contributed by atoms with Gasteiger partial charge < -0.3 is 10.6 Å². The summed E-state index contributed by atoms with van der Waals surface area (Å²) < 4.78 is 1.81. The van der Waals surface area contributed by atoms with Crippen molar-refractivity contribution in [2.45, 2.75) is 20.0 Å². The Morgan fingerprint density at radius 2 is 2.15 bits per heavy atom. The third kappa shape index (κ3) is 3.43. The average Bonchev–Trinajstić information content (AvgIpc) is 2.89. The van der Waals surface area contributed by atoms with E-state index in [0.717, 1.165) is 12.2 Å². The number of hydrogen-bond donors (Lipinski definition) is 2. The van der Waals surface area contributed by atoms with Crippen molar-refractivity contribution in [3.05, 3.63) is 46.2 Å². The van der Waals surface area contributed by atoms with E-state index >= 15 is 0 Å². The summed E-state index contributed by atoms with van der Waals surface area (Å²) in [6, 6.07) is 6.57. The summed E-state index contributed by atoms with van der Waals surface area (Å²) in [4.78, 5) is 11.8. The molecule has 0 radical (unpaired) electrons. The zero-order chi connectivity index (χ0) is 14.5. The first-order valence-electron chi connectivity index (χ1n) is 6.11. The van der Waals surface area contributed by atoms with Crippen molar-refractivity contribution in [2.75, 3.05) is 5.32 Å². The molecule has 0 aliphatic heterocycles. The summed E-state index contributed by atoms with van der Waals surface area (Å²) in [6.07, 6.45) is 1.70. The van der Waals surface area contributed by atoms with Crippen LogP contribution in [0.25, 0.3) is 0 Å². The number of aryl methyl sites for hydroxylation is 1. The quantitative estimate of drug-likeness (QED) is 0.907. The van der Waals surface area contributed by atoms with E-state index in [1.807, 2.05) is 17.7 Å². The highest BCUT2D eigenvalue weighted by atomic mass is 35.5. The van der Waals surface area contributed by atoms with Crippen LogP contribution in [0.5, 0.6) is 0 Å². The Morgan fingerprint density at radius 1 is 1.35 bits per heavy atom. The molecule has 2 N–H and O–H groups in total. The number of anilines is 1. The zero-order valence-electron chi connectivity index (χ0n) is 10.9. The summed E-state index contributed by atoms with van der Waals surface area (Å²) >= 11 is 11.9. The molecule has 1 aromatic carbocycles. The molecule has 2 rings (SSSR count). The van der Waals surface area contributed by atoms with Gasteiger partial charge in [0.2, 0.25) is 0 Å². The molecule has 1 heterocycles. The number of nitrogens with one attached hydrogen (secondary N) is 2. The van der Waals surface area contributed by atoms with Crippen LogP contribution in [0.3, 0.4) is 0 Å². The lowest BCUT2D eigenvalue weighted by molar-refractivity contribution is 0.251. The van der Waals surface area contributed by atoms with Gasteiger partial charge in [-0.3, -0.25) is 4.68 Å². The fourth-order valence-corrected chi connectivity index (χ4v) is 2.08. The number of nitrogens with zero attached hydrogens (tertiary/aromatic N) is 2. The number of aromatic nitrogens is 2. The van der Waals surface area contributed by atoms with E-state index < -0.39 is 0 Å². The van der Waals surface area contributed by atoms with E-state index in [1.54, 1.807) is 24.4 Å². The first-order valence-corrected chi connectivity index (χ1v) is 6.87. The molecular formula is C13H14Cl2N4O. The predicted octanol–water partition coefficient (Wildman–Crippen LogP) is 3.53. The van der Waals surface area contributed by atoms with Gasteiger partial charge in [0, 0.05) is 12.7 Å². The second-order valence-corrected chi connectivity index (χ2v) is 4.83. The van der Waals surface area contributed by atoms with Gasteiger partial charge in [-0.1, -0.05) is 29.3 Å². The Kier molecular flexibility index (Phi) is 4.87. The van der Waals surface area contributed by atoms with Gasteiger partial charge in [-0.15, -0.1) is 0 Å². The van der Waals surface area contributed by atoms with Gasteiger partial charge in [0.1, 0.15) is 0 Å². The summed E-state index contributed by atoms with van der Waals surface area (Å²) in [5.74, 6) is 0. The molecule has 2 amide bonds. The molecule has 0 fully saturated rings. The molecule has 1 aromatic heterocycles. The normalized spacial score (nSPS) is 10.3. The summed E-state index contributed by atoms with van der Waals surface area (Å²) in [6.45, 7) is 3.13. The number of amides is 2. The van der Waals surface area contributed by atoms with Gasteiger partial charge in [0.05, 0.1) is 28.0 Å². The molecule has 0 aliphatic carbocycles. The van der Waals surface area contributed by atoms with Gasteiger partial charge in [-0.05, 0) is 25.1 Å². The molecule has 0 atom stereocenters. The molecule has 106 valence electrons. The minimum absolute atomic E-state index is 0.322. The molecule has 7 heteroatoms. The van der Waals surface area contributed by atoms with Crippen molar-refractivity contribution < 1.29 is 4.79 Å². The van der Waals surface area contributed by atoms with Gasteiger partial charge in [-0.2, -0.15) is 5.10 Å². The molecule has 20 heavy (non-hydrogen) atoms. The smallest absolute Gasteiger partial charge is 0.319 e. The van der Waals surface area contributed by atoms with Crippen LogP contribution in [0.4, 0.5) is 10.5 Å². The van der Waals surface area contributed by atoms with Crippen LogP contribution in [0, 0.1) is 0 Å². The van der Waals surface area contributed by atoms with Gasteiger partial charge in [-0.25, -0.2) is 4.79 Å². The van der Waals surface area contributed by atoms with Crippen molar-refractivity contribution in [3.63, 3.8) is 0 Å². The lowest BCUT2D eigenvalue weighted by Gasteiger charge is -2.10. The molecular weight excluding hydrogens is 299 g/mol. The minimum atomic E-state index is -0.349. The Labute approximate surface area is 126 Å². The fourth-order valence-electron chi connectivity index (χ4n) is 1.73. The standard InChI is InChI=1S/C13H14Cl2N4O/c1-2-19-9(6-7-17-19)8-16-13(20)18-11-5-3-4-10(14)12(11)15/h3-7H,2,8H2,1H3,(H2,16,18,20). The molecule has 0 aliphatic rings. The van der Waals surface area contributed by atoms with Crippen molar-refractivity contribution in [2.24, 2.45) is 0 Å². The van der Waals surface area contributed by atoms with Crippen LogP contribution in [-0.2, 0) is 13.1 Å². The van der Waals surface area contributed by atoms with Crippen molar-refractivity contribution in [1.29, 1.82) is 0 Å². The predicted molar refractivity (Wildman–Crippen MR) is 80.2 cm³/mol. The topological polar surface area (TPSA) is 59.0 Å². The number of carbonyl (C=O) groups excluding carboxylic acids is 1. The first-order chi connectivity index (χ1) is 9.61. The number of halogens is 2. The number of hydrogen-bond acceptors (Lipinski definition) is 2. The molecule has 0 bridgehead atoms. The molecule has 0 saturated carbocycles. The van der Waals surface area contributed by atoms with Crippen molar-refractivity contribution in [1.82, 2.24) is 15.1 Å². The molecule has 0 unspecified atom stereocenters. The minimum Gasteiger partial charge on any atom is -0.332 e. The Bertz CT molecular complexity index is 612. The van der Waals surface area contributed by atoms with E-state index in [0.29, 0.717) is 22.3 Å². The van der Waals surface area contributed by atoms with E-state index in [4.69, 9.17) is 23.2 Å². The highest BCUT2D eigenvalue weighted by molar-refractivity contribution is 6.43. The average molecular weight is 313 g/mol. The van der Waals surface area contributed by atoms with Crippen molar-refractivity contribution >= 4 is 34.9 Å². The Morgan fingerprint density at radius 3 is 2.90 bits per heavy atom. The second kappa shape index (κ2) is 6.63. The fraction of sp³-hybridized carbons (Fsp3) is 0.231. The van der Waals surface area contributed by atoms with E-state index in [9.17, 15) is 4.79 Å². The molecule has 0 saturated heterocycles. The van der Waals surface area contributed by atoms with Gasteiger partial charge in [0.25, 0.3) is 0 Å². The highest BCUT2D eigenvalue weighted by Gasteiger charge is 2.08.